The first-order chi connectivity index (χ1) is 13.4. The predicted molar refractivity (Wildman–Crippen MR) is 108 cm³/mol. The Hall–Kier alpha value is -1.55. The first kappa shape index (κ1) is 20.7. The zero-order valence-corrected chi connectivity index (χ0v) is 20.0. The number of aromatic carboxylic acids is 1. The van der Waals surface area contributed by atoms with Crippen LogP contribution >= 0.6 is 11.3 Å². The van der Waals surface area contributed by atoms with Crippen molar-refractivity contribution in [1.29, 1.82) is 0 Å². The fourth-order valence-corrected chi connectivity index (χ4v) is 4.59. The van der Waals surface area contributed by atoms with Crippen molar-refractivity contribution in [1.82, 2.24) is 9.38 Å². The number of carbonyl (C=O) groups is 1. The molecule has 29 heavy (non-hydrogen) atoms. The van der Waals surface area contributed by atoms with E-state index in [1.807, 2.05) is 31.2 Å². The molecule has 3 aromatic heterocycles. The fourth-order valence-electron chi connectivity index (χ4n) is 3.87. The van der Waals surface area contributed by atoms with E-state index in [4.69, 9.17) is 5.73 Å². The molecule has 0 radical (unpaired) electrons. The number of hydrogen-bond donors (Lipinski definition) is 1. The van der Waals surface area contributed by atoms with Gasteiger partial charge in [0, 0.05) is 6.20 Å². The molecule has 6 nitrogen and oxygen atoms in total. The average molecular weight is 430 g/mol. The Bertz CT molecular complexity index is 1360. The molecule has 1 aromatic carbocycles. The summed E-state index contributed by atoms with van der Waals surface area (Å²) < 4.78 is 2.46. The third-order valence-corrected chi connectivity index (χ3v) is 6.23. The number of aromatic nitrogens is 2. The van der Waals surface area contributed by atoms with Crippen molar-refractivity contribution in [2.24, 2.45) is 0 Å². The normalized spacial score (nSPS) is 13.6. The van der Waals surface area contributed by atoms with Crippen LogP contribution in [0, 0.1) is 6.92 Å². The first-order valence-corrected chi connectivity index (χ1v) is 9.82. The van der Waals surface area contributed by atoms with Gasteiger partial charge in [-0.2, -0.15) is 0 Å². The predicted octanol–water partition coefficient (Wildman–Crippen LogP) is -0.288. The fraction of sp³-hybridized carbons (Fsp3) is 0.190. The molecule has 140 valence electrons. The van der Waals surface area contributed by atoms with Gasteiger partial charge in [-0.25, -0.2) is 4.98 Å². The Morgan fingerprint density at radius 1 is 1.28 bits per heavy atom. The van der Waals surface area contributed by atoms with E-state index in [0.717, 1.165) is 50.8 Å². The van der Waals surface area contributed by atoms with Gasteiger partial charge in [0.05, 0.1) is 27.3 Å². The monoisotopic (exact) mass is 429 g/mol. The van der Waals surface area contributed by atoms with Crippen LogP contribution in [0.1, 0.15) is 40.2 Å². The Morgan fingerprint density at radius 3 is 2.72 bits per heavy atom. The van der Waals surface area contributed by atoms with Crippen LogP contribution in [0.5, 0.6) is 0 Å². The number of rotatable bonds is 3. The second-order valence-corrected chi connectivity index (χ2v) is 8.25. The van der Waals surface area contributed by atoms with E-state index in [1.54, 1.807) is 6.20 Å². The SMILES string of the molecule is Cc1c(-c2ccc3sc(N)nc3c2)ccn2c(=O)c(C(=O)[O-])cc(C3CC3)c12.[K+]. The van der Waals surface area contributed by atoms with Gasteiger partial charge < -0.3 is 15.6 Å². The number of nitrogens with two attached hydrogens (primary N) is 1. The molecule has 0 spiro atoms. The van der Waals surface area contributed by atoms with Crippen molar-refractivity contribution in [2.75, 3.05) is 5.73 Å². The van der Waals surface area contributed by atoms with Gasteiger partial charge in [-0.1, -0.05) is 17.4 Å². The Morgan fingerprint density at radius 2 is 2.03 bits per heavy atom. The Kier molecular flexibility index (Phi) is 5.43. The molecule has 0 saturated heterocycles. The van der Waals surface area contributed by atoms with E-state index in [2.05, 4.69) is 4.98 Å². The van der Waals surface area contributed by atoms with Gasteiger partial charge in [0.25, 0.3) is 5.56 Å². The number of hydrogen-bond acceptors (Lipinski definition) is 6. The first-order valence-electron chi connectivity index (χ1n) is 9.00. The molecule has 0 aliphatic heterocycles. The van der Waals surface area contributed by atoms with E-state index in [1.165, 1.54) is 21.8 Å². The van der Waals surface area contributed by atoms with Gasteiger partial charge in [0.15, 0.2) is 5.13 Å². The van der Waals surface area contributed by atoms with Gasteiger partial charge in [0.1, 0.15) is 0 Å². The quantitative estimate of drug-likeness (QED) is 0.451. The zero-order valence-electron chi connectivity index (χ0n) is 16.1. The number of thiazole rings is 1. The van der Waals surface area contributed by atoms with Gasteiger partial charge in [-0.05, 0) is 72.2 Å². The number of carbonyl (C=O) groups excluding carboxylic acids is 1. The summed E-state index contributed by atoms with van der Waals surface area (Å²) in [4.78, 5) is 28.4. The number of carboxylic acids is 1. The van der Waals surface area contributed by atoms with Crippen LogP contribution in [0.4, 0.5) is 5.13 Å². The van der Waals surface area contributed by atoms with E-state index in [0.29, 0.717) is 5.13 Å². The molecule has 1 fully saturated rings. The summed E-state index contributed by atoms with van der Waals surface area (Å²) >= 11 is 1.44. The molecule has 1 aliphatic carbocycles. The maximum absolute atomic E-state index is 12.7. The van der Waals surface area contributed by atoms with Gasteiger partial charge in [0.2, 0.25) is 0 Å². The maximum atomic E-state index is 12.7. The van der Waals surface area contributed by atoms with Gasteiger partial charge >= 0.3 is 51.4 Å². The van der Waals surface area contributed by atoms with E-state index in [-0.39, 0.29) is 62.9 Å². The van der Waals surface area contributed by atoms with E-state index in [9.17, 15) is 14.7 Å². The van der Waals surface area contributed by atoms with Crippen LogP contribution < -0.4 is 67.8 Å². The number of nitrogen functional groups attached to an aromatic ring is 1. The molecule has 3 heterocycles. The summed E-state index contributed by atoms with van der Waals surface area (Å²) in [6, 6.07) is 9.35. The minimum atomic E-state index is -1.44. The zero-order chi connectivity index (χ0) is 19.6. The van der Waals surface area contributed by atoms with Gasteiger partial charge in [-0.15, -0.1) is 0 Å². The minimum absolute atomic E-state index is 0. The minimum Gasteiger partial charge on any atom is -0.545 e. The van der Waals surface area contributed by atoms with Crippen molar-refractivity contribution in [3.05, 3.63) is 63.6 Å². The molecule has 5 rings (SSSR count). The number of nitrogens with zero attached hydrogens (tertiary/aromatic N) is 2. The van der Waals surface area contributed by atoms with Crippen LogP contribution in [-0.2, 0) is 0 Å². The summed E-state index contributed by atoms with van der Waals surface area (Å²) in [6.45, 7) is 1.97. The molecule has 0 atom stereocenters. The van der Waals surface area contributed by atoms with Crippen molar-refractivity contribution in [3.8, 4) is 11.1 Å². The van der Waals surface area contributed by atoms with Crippen LogP contribution in [0.25, 0.3) is 26.9 Å². The molecule has 8 heteroatoms. The molecule has 1 saturated carbocycles. The van der Waals surface area contributed by atoms with Crippen LogP contribution in [0.15, 0.2) is 41.3 Å². The summed E-state index contributed by atoms with van der Waals surface area (Å²) in [6.07, 6.45) is 3.64. The summed E-state index contributed by atoms with van der Waals surface area (Å²) in [7, 11) is 0. The topological polar surface area (TPSA) is 101 Å². The third-order valence-electron chi connectivity index (χ3n) is 5.37. The summed E-state index contributed by atoms with van der Waals surface area (Å²) in [5.74, 6) is -1.15. The summed E-state index contributed by atoms with van der Waals surface area (Å²) in [5, 5.41) is 11.9. The number of pyridine rings is 2. The molecule has 2 N–H and O–H groups in total. The van der Waals surface area contributed by atoms with E-state index < -0.39 is 11.5 Å². The van der Waals surface area contributed by atoms with Crippen molar-refractivity contribution in [2.45, 2.75) is 25.7 Å². The average Bonchev–Trinajstić information content (AvgIpc) is 3.42. The van der Waals surface area contributed by atoms with E-state index >= 15 is 0 Å². The number of fused-ring (bicyclic) bond motifs is 2. The van der Waals surface area contributed by atoms with Crippen molar-refractivity contribution >= 4 is 38.2 Å². The molecular weight excluding hydrogens is 413 g/mol. The largest absolute Gasteiger partial charge is 1.00 e. The van der Waals surface area contributed by atoms with Crippen LogP contribution in [0.3, 0.4) is 0 Å². The number of benzene rings is 1. The molecule has 0 bridgehead atoms. The molecule has 0 unspecified atom stereocenters. The van der Waals surface area contributed by atoms with Crippen molar-refractivity contribution < 1.29 is 61.3 Å². The van der Waals surface area contributed by atoms with Gasteiger partial charge in [-0.3, -0.25) is 9.20 Å². The number of carboxylic acid groups (broad SMARTS) is 1. The molecule has 1 aliphatic rings. The number of anilines is 1. The standard InChI is InChI=1S/C21H17N3O3S.K/c1-10-13(12-4-5-17-16(8-12)23-21(22)28-17)6-7-24-18(10)14(11-2-3-11)9-15(19(24)25)20(26)27;/h4-9,11H,2-3H2,1H3,(H2,22,23)(H,26,27);/q;+1/p-1. The second kappa shape index (κ2) is 7.61. The molecular formula is C21H16KN3O3S. The third kappa shape index (κ3) is 3.47. The Labute approximate surface area is 212 Å². The van der Waals surface area contributed by atoms with Crippen LogP contribution in [-0.4, -0.2) is 15.4 Å². The molecule has 4 aromatic rings. The maximum Gasteiger partial charge on any atom is 1.00 e. The second-order valence-electron chi connectivity index (χ2n) is 7.19. The smallest absolute Gasteiger partial charge is 0.545 e. The molecule has 0 amide bonds. The van der Waals surface area contributed by atoms with Crippen LogP contribution in [0.2, 0.25) is 0 Å². The summed E-state index contributed by atoms with van der Waals surface area (Å²) in [5.41, 5.74) is 10.4. The van der Waals surface area contributed by atoms with Crippen molar-refractivity contribution in [3.63, 3.8) is 0 Å². The Balaban J connectivity index is 0.00000205. The number of aryl methyl sites for hydroxylation is 1.